The van der Waals surface area contributed by atoms with Gasteiger partial charge in [-0.1, -0.05) is 0 Å². The van der Waals surface area contributed by atoms with Gasteiger partial charge in [-0.15, -0.1) is 0 Å². The minimum absolute atomic E-state index is 0.173. The minimum atomic E-state index is -0.173. The van der Waals surface area contributed by atoms with Crippen molar-refractivity contribution in [2.24, 2.45) is 13.0 Å². The Hall–Kier alpha value is -2.87. The lowest BCUT2D eigenvalue weighted by molar-refractivity contribution is 0.0673. The molecule has 2 fully saturated rings. The van der Waals surface area contributed by atoms with Crippen LogP contribution in [-0.4, -0.2) is 39.2 Å². The van der Waals surface area contributed by atoms with Crippen LogP contribution in [0.5, 0.6) is 17.5 Å². The van der Waals surface area contributed by atoms with E-state index in [4.69, 9.17) is 14.2 Å². The quantitative estimate of drug-likeness (QED) is 0.637. The molecule has 8 nitrogen and oxygen atoms in total. The highest BCUT2D eigenvalue weighted by atomic mass is 16.5. The van der Waals surface area contributed by atoms with E-state index in [1.807, 2.05) is 28.9 Å². The Morgan fingerprint density at radius 2 is 1.83 bits per heavy atom. The van der Waals surface area contributed by atoms with Gasteiger partial charge in [0, 0.05) is 20.3 Å². The smallest absolute Gasteiger partial charge is 0.306 e. The molecule has 3 heterocycles. The molecule has 0 N–H and O–H groups in total. The molecule has 0 spiro atoms. The maximum atomic E-state index is 12.8. The molecule has 2 aliphatic rings. The molecule has 1 aromatic carbocycles. The number of benzene rings is 1. The van der Waals surface area contributed by atoms with Crippen LogP contribution < -0.4 is 15.0 Å². The van der Waals surface area contributed by atoms with E-state index in [1.54, 1.807) is 13.2 Å². The number of aromatic nitrogens is 4. The lowest BCUT2D eigenvalue weighted by atomic mass is 10.1. The number of ether oxygens (including phenoxy) is 3. The number of nitrogens with zero attached hydrogens (tertiary/aromatic N) is 4. The first kappa shape index (κ1) is 18.2. The summed E-state index contributed by atoms with van der Waals surface area (Å²) >= 11 is 0. The molecule has 2 aromatic heterocycles. The van der Waals surface area contributed by atoms with Crippen LogP contribution in [0.3, 0.4) is 0 Å². The van der Waals surface area contributed by atoms with Crippen LogP contribution in [-0.2, 0) is 11.8 Å². The molecule has 8 heteroatoms. The van der Waals surface area contributed by atoms with E-state index in [1.165, 1.54) is 17.4 Å². The third-order valence-corrected chi connectivity index (χ3v) is 5.54. The van der Waals surface area contributed by atoms with Gasteiger partial charge in [-0.05, 0) is 55.9 Å². The minimum Gasteiger partial charge on any atom is -0.493 e. The molecule has 1 aliphatic heterocycles. The summed E-state index contributed by atoms with van der Waals surface area (Å²) in [6.07, 6.45) is 5.82. The molecule has 29 heavy (non-hydrogen) atoms. The van der Waals surface area contributed by atoms with Crippen LogP contribution in [0, 0.1) is 5.92 Å². The second-order valence-electron chi connectivity index (χ2n) is 7.76. The van der Waals surface area contributed by atoms with E-state index in [2.05, 4.69) is 10.1 Å². The summed E-state index contributed by atoms with van der Waals surface area (Å²) in [5, 5.41) is 4.93. The van der Waals surface area contributed by atoms with Gasteiger partial charge in [-0.3, -0.25) is 9.36 Å². The third-order valence-electron chi connectivity index (χ3n) is 5.54. The highest BCUT2D eigenvalue weighted by Gasteiger charge is 2.23. The maximum absolute atomic E-state index is 12.8. The van der Waals surface area contributed by atoms with Crippen LogP contribution in [0.25, 0.3) is 11.0 Å². The molecule has 0 atom stereocenters. The largest absolute Gasteiger partial charge is 0.493 e. The van der Waals surface area contributed by atoms with Crippen molar-refractivity contribution in [3.63, 3.8) is 0 Å². The lowest BCUT2D eigenvalue weighted by Gasteiger charge is -2.22. The zero-order valence-corrected chi connectivity index (χ0v) is 16.4. The summed E-state index contributed by atoms with van der Waals surface area (Å²) < 4.78 is 20.4. The van der Waals surface area contributed by atoms with Gasteiger partial charge < -0.3 is 14.2 Å². The zero-order valence-electron chi connectivity index (χ0n) is 16.4. The molecular formula is C21H24N4O4. The summed E-state index contributed by atoms with van der Waals surface area (Å²) in [6, 6.07) is 7.82. The molecule has 0 unspecified atom stereocenters. The Balaban J connectivity index is 1.41. The van der Waals surface area contributed by atoms with Crippen LogP contribution in [0.4, 0.5) is 0 Å². The average Bonchev–Trinajstić information content (AvgIpc) is 3.49. The molecule has 1 saturated heterocycles. The highest BCUT2D eigenvalue weighted by Crippen LogP contribution is 2.30. The fraction of sp³-hybridized carbons (Fsp3) is 0.476. The Labute approximate surface area is 168 Å². The van der Waals surface area contributed by atoms with Crippen molar-refractivity contribution in [2.45, 2.75) is 31.7 Å². The Bertz CT molecular complexity index is 1060. The second kappa shape index (κ2) is 7.51. The van der Waals surface area contributed by atoms with Crippen LogP contribution >= 0.6 is 0 Å². The molecular weight excluding hydrogens is 372 g/mol. The number of hydrogen-bond donors (Lipinski definition) is 0. The van der Waals surface area contributed by atoms with Crippen molar-refractivity contribution in [3.8, 4) is 17.5 Å². The number of hydrogen-bond acceptors (Lipinski definition) is 6. The normalized spacial score (nSPS) is 17.6. The predicted octanol–water partition coefficient (Wildman–Crippen LogP) is 3.06. The van der Waals surface area contributed by atoms with Crippen LogP contribution in [0.15, 0.2) is 35.3 Å². The van der Waals surface area contributed by atoms with Crippen molar-refractivity contribution in [2.75, 3.05) is 19.8 Å². The van der Waals surface area contributed by atoms with Crippen molar-refractivity contribution < 1.29 is 14.2 Å². The molecule has 0 radical (unpaired) electrons. The van der Waals surface area contributed by atoms with Crippen LogP contribution in [0.2, 0.25) is 0 Å². The molecule has 0 bridgehead atoms. The summed E-state index contributed by atoms with van der Waals surface area (Å²) in [5.41, 5.74) is 0.382. The van der Waals surface area contributed by atoms with E-state index < -0.39 is 0 Å². The van der Waals surface area contributed by atoms with Crippen molar-refractivity contribution >= 4 is 11.0 Å². The van der Waals surface area contributed by atoms with E-state index in [9.17, 15) is 4.79 Å². The molecule has 5 rings (SSSR count). The second-order valence-corrected chi connectivity index (χ2v) is 7.76. The van der Waals surface area contributed by atoms with E-state index in [0.717, 1.165) is 25.2 Å². The monoisotopic (exact) mass is 396 g/mol. The molecule has 1 saturated carbocycles. The van der Waals surface area contributed by atoms with Crippen molar-refractivity contribution in [3.05, 3.63) is 40.8 Å². The van der Waals surface area contributed by atoms with Gasteiger partial charge >= 0.3 is 6.01 Å². The fourth-order valence-electron chi connectivity index (χ4n) is 3.55. The van der Waals surface area contributed by atoms with E-state index >= 15 is 0 Å². The first-order valence-corrected chi connectivity index (χ1v) is 10.1. The average molecular weight is 396 g/mol. The standard InChI is InChI=1S/C21H24N4O4/c1-24-20(26)18-12-22-25(15-8-10-27-11-9-15)19(18)23-21(24)29-17-6-4-16(5-7-17)28-13-14-2-3-14/h4-7,12,14-15H,2-3,8-11,13H2,1H3. The van der Waals surface area contributed by atoms with Gasteiger partial charge in [0.2, 0.25) is 0 Å². The lowest BCUT2D eigenvalue weighted by Crippen LogP contribution is -2.23. The summed E-state index contributed by atoms with van der Waals surface area (Å²) in [4.78, 5) is 17.4. The van der Waals surface area contributed by atoms with Crippen LogP contribution in [0.1, 0.15) is 31.7 Å². The predicted molar refractivity (Wildman–Crippen MR) is 107 cm³/mol. The zero-order chi connectivity index (χ0) is 19.8. The van der Waals surface area contributed by atoms with Gasteiger partial charge in [0.1, 0.15) is 16.9 Å². The number of rotatable bonds is 6. The fourth-order valence-corrected chi connectivity index (χ4v) is 3.55. The maximum Gasteiger partial charge on any atom is 0.306 e. The Kier molecular flexibility index (Phi) is 4.71. The first-order chi connectivity index (χ1) is 14.2. The highest BCUT2D eigenvalue weighted by molar-refractivity contribution is 5.73. The van der Waals surface area contributed by atoms with Crippen molar-refractivity contribution in [1.82, 2.24) is 19.3 Å². The van der Waals surface area contributed by atoms with E-state index in [0.29, 0.717) is 35.9 Å². The summed E-state index contributed by atoms with van der Waals surface area (Å²) in [6.45, 7) is 2.15. The summed E-state index contributed by atoms with van der Waals surface area (Å²) in [7, 11) is 1.66. The SMILES string of the molecule is Cn1c(Oc2ccc(OCC3CC3)cc2)nc2c(cnn2C2CCOCC2)c1=O. The Morgan fingerprint density at radius 3 is 2.55 bits per heavy atom. The number of fused-ring (bicyclic) bond motifs is 1. The third kappa shape index (κ3) is 3.72. The van der Waals surface area contributed by atoms with Gasteiger partial charge in [-0.25, -0.2) is 4.68 Å². The topological polar surface area (TPSA) is 80.4 Å². The first-order valence-electron chi connectivity index (χ1n) is 10.1. The Morgan fingerprint density at radius 1 is 1.10 bits per heavy atom. The molecule has 0 amide bonds. The summed E-state index contributed by atoms with van der Waals surface area (Å²) in [5.74, 6) is 2.12. The van der Waals surface area contributed by atoms with Crippen molar-refractivity contribution in [1.29, 1.82) is 0 Å². The van der Waals surface area contributed by atoms with Gasteiger partial charge in [0.05, 0.1) is 18.8 Å². The molecule has 3 aromatic rings. The van der Waals surface area contributed by atoms with E-state index in [-0.39, 0.29) is 17.6 Å². The van der Waals surface area contributed by atoms with Gasteiger partial charge in [0.25, 0.3) is 5.56 Å². The van der Waals surface area contributed by atoms with Gasteiger partial charge in [0.15, 0.2) is 5.65 Å². The molecule has 152 valence electrons. The molecule has 1 aliphatic carbocycles. The van der Waals surface area contributed by atoms with Gasteiger partial charge in [-0.2, -0.15) is 10.1 Å².